The maximum absolute atomic E-state index is 13.3. The minimum absolute atomic E-state index is 0.133. The summed E-state index contributed by atoms with van der Waals surface area (Å²) in [5, 5.41) is 6.77. The molecule has 0 saturated carbocycles. The lowest BCUT2D eigenvalue weighted by molar-refractivity contribution is -0.116. The van der Waals surface area contributed by atoms with Crippen LogP contribution in [0, 0.1) is 0 Å². The Morgan fingerprint density at radius 3 is 2.57 bits per heavy atom. The van der Waals surface area contributed by atoms with Gasteiger partial charge in [-0.15, -0.1) is 23.1 Å². The van der Waals surface area contributed by atoms with Crippen LogP contribution in [0.25, 0.3) is 0 Å². The van der Waals surface area contributed by atoms with Crippen LogP contribution < -0.4 is 10.6 Å². The number of carbonyl (C=O) groups is 3. The summed E-state index contributed by atoms with van der Waals surface area (Å²) in [6, 6.07) is 14.6. The first-order valence-corrected chi connectivity index (χ1v) is 14.3. The Hall–Kier alpha value is -2.81. The summed E-state index contributed by atoms with van der Waals surface area (Å²) in [6.45, 7) is 1.95. The summed E-state index contributed by atoms with van der Waals surface area (Å²) in [5.41, 5.74) is 3.05. The van der Waals surface area contributed by atoms with Crippen LogP contribution >= 0.6 is 34.7 Å². The van der Waals surface area contributed by atoms with Gasteiger partial charge in [0.25, 0.3) is 0 Å². The van der Waals surface area contributed by atoms with E-state index < -0.39 is 5.97 Å². The van der Waals surface area contributed by atoms with Crippen LogP contribution in [0.2, 0.25) is 5.02 Å². The highest BCUT2D eigenvalue weighted by Gasteiger charge is 2.28. The topological polar surface area (TPSA) is 84.5 Å². The van der Waals surface area contributed by atoms with Crippen LogP contribution in [0.15, 0.2) is 53.4 Å². The van der Waals surface area contributed by atoms with Gasteiger partial charge in [0.1, 0.15) is 5.00 Å². The summed E-state index contributed by atoms with van der Waals surface area (Å²) in [6.07, 6.45) is 4.70. The number of rotatable bonds is 9. The third kappa shape index (κ3) is 6.94. The SMILES string of the molecule is CCC(Sc1cccc(NC(=O)Cc2ccc(Cl)cc2)c1)C(=O)Nc1sc2c(c1C(=O)OC)CCCC2. The quantitative estimate of drug-likeness (QED) is 0.225. The number of esters is 1. The molecule has 2 N–H and O–H groups in total. The smallest absolute Gasteiger partial charge is 0.341 e. The maximum atomic E-state index is 13.3. The molecular formula is C28H29ClN2O4S2. The monoisotopic (exact) mass is 556 g/mol. The molecule has 0 bridgehead atoms. The van der Waals surface area contributed by atoms with E-state index in [1.165, 1.54) is 30.2 Å². The molecule has 1 atom stereocenters. The van der Waals surface area contributed by atoms with Gasteiger partial charge in [-0.2, -0.15) is 0 Å². The highest BCUT2D eigenvalue weighted by Crippen LogP contribution is 2.39. The molecule has 0 spiro atoms. The fraction of sp³-hybridized carbons (Fsp3) is 0.321. The van der Waals surface area contributed by atoms with E-state index in [9.17, 15) is 14.4 Å². The number of anilines is 2. The van der Waals surface area contributed by atoms with E-state index in [0.29, 0.717) is 27.7 Å². The van der Waals surface area contributed by atoms with Crippen molar-refractivity contribution in [3.63, 3.8) is 0 Å². The highest BCUT2D eigenvalue weighted by atomic mass is 35.5. The number of aryl methyl sites for hydroxylation is 1. The Bertz CT molecular complexity index is 1290. The molecule has 2 amide bonds. The Balaban J connectivity index is 1.42. The lowest BCUT2D eigenvalue weighted by Gasteiger charge is -2.16. The van der Waals surface area contributed by atoms with Crippen molar-refractivity contribution in [2.24, 2.45) is 0 Å². The first-order valence-electron chi connectivity index (χ1n) is 12.2. The standard InChI is InChI=1S/C28H29ClN2O4S2/c1-3-22(26(33)31-27-25(28(34)35-2)21-9-4-5-10-23(21)37-27)36-20-8-6-7-19(16-20)30-24(32)15-17-11-13-18(29)14-12-17/h6-8,11-14,16,22H,3-5,9-10,15H2,1-2H3,(H,30,32)(H,31,33). The molecule has 1 heterocycles. The second kappa shape index (κ2) is 12.6. The predicted octanol–water partition coefficient (Wildman–Crippen LogP) is 6.76. The van der Waals surface area contributed by atoms with Crippen molar-refractivity contribution in [1.82, 2.24) is 0 Å². The number of nitrogens with one attached hydrogen (secondary N) is 2. The molecule has 4 rings (SSSR count). The number of ether oxygens (including phenoxy) is 1. The van der Waals surface area contributed by atoms with Crippen LogP contribution in [-0.2, 0) is 33.6 Å². The van der Waals surface area contributed by atoms with Crippen molar-refractivity contribution in [2.45, 2.75) is 55.6 Å². The molecule has 1 aliphatic rings. The van der Waals surface area contributed by atoms with Gasteiger partial charge in [0, 0.05) is 20.5 Å². The van der Waals surface area contributed by atoms with Gasteiger partial charge in [-0.25, -0.2) is 4.79 Å². The van der Waals surface area contributed by atoms with Gasteiger partial charge in [0.05, 0.1) is 24.3 Å². The Morgan fingerprint density at radius 1 is 1.08 bits per heavy atom. The van der Waals surface area contributed by atoms with Crippen molar-refractivity contribution >= 4 is 63.2 Å². The molecule has 0 aliphatic heterocycles. The fourth-order valence-electron chi connectivity index (χ4n) is 4.29. The van der Waals surface area contributed by atoms with Gasteiger partial charge in [-0.05, 0) is 73.6 Å². The lowest BCUT2D eigenvalue weighted by atomic mass is 9.95. The Morgan fingerprint density at radius 2 is 1.84 bits per heavy atom. The number of halogens is 1. The normalized spacial score (nSPS) is 13.4. The molecule has 194 valence electrons. The number of methoxy groups -OCH3 is 1. The summed E-state index contributed by atoms with van der Waals surface area (Å²) in [4.78, 5) is 40.3. The third-order valence-electron chi connectivity index (χ3n) is 6.13. The molecule has 0 radical (unpaired) electrons. The number of benzene rings is 2. The molecule has 2 aromatic carbocycles. The van der Waals surface area contributed by atoms with Gasteiger partial charge in [0.2, 0.25) is 11.8 Å². The molecule has 3 aromatic rings. The Kier molecular flexibility index (Phi) is 9.29. The van der Waals surface area contributed by atoms with Crippen LogP contribution in [0.4, 0.5) is 10.7 Å². The van der Waals surface area contributed by atoms with Crippen LogP contribution in [-0.4, -0.2) is 30.1 Å². The van der Waals surface area contributed by atoms with E-state index in [1.54, 1.807) is 12.1 Å². The van der Waals surface area contributed by atoms with Crippen molar-refractivity contribution in [2.75, 3.05) is 17.7 Å². The fourth-order valence-corrected chi connectivity index (χ4v) is 6.71. The van der Waals surface area contributed by atoms with Gasteiger partial charge in [-0.1, -0.05) is 36.7 Å². The van der Waals surface area contributed by atoms with Gasteiger partial charge >= 0.3 is 5.97 Å². The summed E-state index contributed by atoms with van der Waals surface area (Å²) < 4.78 is 5.02. The average Bonchev–Trinajstić information content (AvgIpc) is 3.26. The third-order valence-corrected chi connectivity index (χ3v) is 8.95. The highest BCUT2D eigenvalue weighted by molar-refractivity contribution is 8.00. The van der Waals surface area contributed by atoms with E-state index in [1.807, 2.05) is 43.3 Å². The Labute approximate surface area is 230 Å². The summed E-state index contributed by atoms with van der Waals surface area (Å²) in [5.74, 6) is -0.697. The number of thioether (sulfide) groups is 1. The lowest BCUT2D eigenvalue weighted by Crippen LogP contribution is -2.25. The molecule has 0 fully saturated rings. The molecule has 1 aliphatic carbocycles. The van der Waals surface area contributed by atoms with E-state index in [2.05, 4.69) is 10.6 Å². The van der Waals surface area contributed by atoms with Crippen LogP contribution in [0.1, 0.15) is 52.5 Å². The summed E-state index contributed by atoms with van der Waals surface area (Å²) in [7, 11) is 1.37. The van der Waals surface area contributed by atoms with Crippen LogP contribution in [0.3, 0.4) is 0 Å². The van der Waals surface area contributed by atoms with Crippen molar-refractivity contribution in [3.05, 3.63) is 75.1 Å². The van der Waals surface area contributed by atoms with E-state index in [-0.39, 0.29) is 23.5 Å². The molecule has 1 aromatic heterocycles. The van der Waals surface area contributed by atoms with Crippen LogP contribution in [0.5, 0.6) is 0 Å². The van der Waals surface area contributed by atoms with Gasteiger partial charge in [-0.3, -0.25) is 9.59 Å². The van der Waals surface area contributed by atoms with Crippen molar-refractivity contribution in [3.8, 4) is 0 Å². The molecule has 0 saturated heterocycles. The minimum Gasteiger partial charge on any atom is -0.465 e. The second-order valence-corrected chi connectivity index (χ2v) is 11.6. The zero-order valence-electron chi connectivity index (χ0n) is 20.8. The predicted molar refractivity (Wildman–Crippen MR) is 151 cm³/mol. The van der Waals surface area contributed by atoms with Crippen molar-refractivity contribution in [1.29, 1.82) is 0 Å². The molecule has 37 heavy (non-hydrogen) atoms. The van der Waals surface area contributed by atoms with Gasteiger partial charge < -0.3 is 15.4 Å². The first-order chi connectivity index (χ1) is 17.9. The number of thiophene rings is 1. The number of hydrogen-bond donors (Lipinski definition) is 2. The number of amides is 2. The molecule has 1 unspecified atom stereocenters. The second-order valence-electron chi connectivity index (χ2n) is 8.79. The number of carbonyl (C=O) groups excluding carboxylic acids is 3. The molecule has 6 nitrogen and oxygen atoms in total. The largest absolute Gasteiger partial charge is 0.465 e. The number of fused-ring (bicyclic) bond motifs is 1. The van der Waals surface area contributed by atoms with E-state index >= 15 is 0 Å². The summed E-state index contributed by atoms with van der Waals surface area (Å²) >= 11 is 8.83. The number of hydrogen-bond acceptors (Lipinski definition) is 6. The maximum Gasteiger partial charge on any atom is 0.341 e. The zero-order chi connectivity index (χ0) is 26.4. The zero-order valence-corrected chi connectivity index (χ0v) is 23.2. The average molecular weight is 557 g/mol. The minimum atomic E-state index is -0.405. The first kappa shape index (κ1) is 27.2. The van der Waals surface area contributed by atoms with Gasteiger partial charge in [0.15, 0.2) is 0 Å². The van der Waals surface area contributed by atoms with E-state index in [4.69, 9.17) is 16.3 Å². The van der Waals surface area contributed by atoms with Crippen molar-refractivity contribution < 1.29 is 19.1 Å². The van der Waals surface area contributed by atoms with E-state index in [0.717, 1.165) is 46.6 Å². The molecular weight excluding hydrogens is 528 g/mol. The molecule has 9 heteroatoms.